The monoisotopic (exact) mass is 620 g/mol. The van der Waals surface area contributed by atoms with Crippen LogP contribution in [0.3, 0.4) is 0 Å². The molecule has 44 heavy (non-hydrogen) atoms. The number of carboxylic acid groups (broad SMARTS) is 1. The summed E-state index contributed by atoms with van der Waals surface area (Å²) in [5.74, 6) is -1.11. The normalized spacial score (nSPS) is 58.3. The Labute approximate surface area is 260 Å². The van der Waals surface area contributed by atoms with Gasteiger partial charge in [-0.1, -0.05) is 27.7 Å². The van der Waals surface area contributed by atoms with E-state index >= 15 is 0 Å². The van der Waals surface area contributed by atoms with E-state index in [4.69, 9.17) is 38.5 Å². The maximum atomic E-state index is 12.9. The molecule has 0 unspecified atom stereocenters. The molecule has 4 bridgehead atoms. The SMILES string of the molecule is C[C@H]1[C@@H](CC(C[C@H]2O[C@@H]3O[C@@]4(C)CC[C@H]5[C@H](C)CC[C@@H]([C@H]2C)[C@@]35OO4)C(=O)O)O[C@@H]2O[C@@]3(C)CC[C@H]4[C@H](C)CC[C@@H]1[C@@]24OO3. The van der Waals surface area contributed by atoms with Gasteiger partial charge in [0.15, 0.2) is 23.8 Å². The third kappa shape index (κ3) is 4.24. The van der Waals surface area contributed by atoms with E-state index in [9.17, 15) is 9.90 Å². The second-order valence-corrected chi connectivity index (χ2v) is 16.4. The Morgan fingerprint density at radius 2 is 1.09 bits per heavy atom. The highest BCUT2D eigenvalue weighted by Gasteiger charge is 2.71. The molecule has 8 heterocycles. The average Bonchev–Trinajstić information content (AvgIpc) is 3.35. The molecule has 2 spiro atoms. The second kappa shape index (κ2) is 10.3. The van der Waals surface area contributed by atoms with E-state index in [1.54, 1.807) is 0 Å². The number of rotatable bonds is 5. The van der Waals surface area contributed by atoms with Crippen LogP contribution in [0.1, 0.15) is 106 Å². The van der Waals surface area contributed by atoms with Crippen LogP contribution in [-0.2, 0) is 43.3 Å². The van der Waals surface area contributed by atoms with Crippen LogP contribution in [0, 0.1) is 53.3 Å². The van der Waals surface area contributed by atoms with E-state index in [1.165, 1.54) is 0 Å². The Morgan fingerprint density at radius 1 is 0.659 bits per heavy atom. The van der Waals surface area contributed by atoms with Gasteiger partial charge in [0, 0.05) is 24.7 Å². The van der Waals surface area contributed by atoms with Gasteiger partial charge < -0.3 is 24.1 Å². The molecule has 0 aromatic heterocycles. The van der Waals surface area contributed by atoms with Crippen molar-refractivity contribution >= 4 is 5.97 Å². The average molecular weight is 621 g/mol. The molecule has 2 saturated carbocycles. The molecule has 0 radical (unpaired) electrons. The third-order valence-electron chi connectivity index (χ3n) is 14.0. The molecule has 8 saturated heterocycles. The standard InChI is InChI=1S/C34H52O10/c1-17-7-9-24-19(3)26(37-29-33(24)22(17)11-13-31(5,39-29)41-43-33)15-21(28(35)36)16-27-20(4)25-10-8-18(2)23-12-14-32(6)40-30(38-27)34(23,25)44-42-32/h17-27,29-30H,7-16H2,1-6H3,(H,35,36)/t17-,18-,19-,20-,22+,23+,24+,25+,26-,27-,29-,30-,31-,32-,33-,34-/m1/s1. The smallest absolute Gasteiger partial charge is 0.306 e. The van der Waals surface area contributed by atoms with Crippen LogP contribution in [0.5, 0.6) is 0 Å². The molecule has 16 atom stereocenters. The fraction of sp³-hybridized carbons (Fsp3) is 0.971. The summed E-state index contributed by atoms with van der Waals surface area (Å²) in [6, 6.07) is 0. The maximum absolute atomic E-state index is 12.9. The summed E-state index contributed by atoms with van der Waals surface area (Å²) in [7, 11) is 0. The molecule has 0 aromatic carbocycles. The molecular formula is C34H52O10. The van der Waals surface area contributed by atoms with Crippen molar-refractivity contribution in [3.63, 3.8) is 0 Å². The van der Waals surface area contributed by atoms with Crippen LogP contribution < -0.4 is 0 Å². The highest BCUT2D eigenvalue weighted by atomic mass is 17.3. The topological polar surface area (TPSA) is 111 Å². The summed E-state index contributed by atoms with van der Waals surface area (Å²) in [4.78, 5) is 37.5. The van der Waals surface area contributed by atoms with Crippen LogP contribution in [0.2, 0.25) is 0 Å². The first-order chi connectivity index (χ1) is 20.9. The molecule has 248 valence electrons. The van der Waals surface area contributed by atoms with Gasteiger partial charge in [-0.2, -0.15) is 0 Å². The minimum atomic E-state index is -0.855. The van der Waals surface area contributed by atoms with Crippen molar-refractivity contribution in [2.45, 2.75) is 153 Å². The molecule has 2 aliphatic carbocycles. The van der Waals surface area contributed by atoms with Crippen LogP contribution in [0.25, 0.3) is 0 Å². The lowest BCUT2D eigenvalue weighted by molar-refractivity contribution is -0.571. The number of fused-ring (bicyclic) bond motifs is 4. The number of carboxylic acids is 1. The fourth-order valence-corrected chi connectivity index (χ4v) is 11.4. The maximum Gasteiger partial charge on any atom is 0.306 e. The van der Waals surface area contributed by atoms with Crippen LogP contribution >= 0.6 is 0 Å². The zero-order valence-corrected chi connectivity index (χ0v) is 27.2. The van der Waals surface area contributed by atoms with E-state index in [-0.39, 0.29) is 47.7 Å². The summed E-state index contributed by atoms with van der Waals surface area (Å²) >= 11 is 0. The van der Waals surface area contributed by atoms with Gasteiger partial charge in [0.25, 0.3) is 0 Å². The van der Waals surface area contributed by atoms with E-state index in [1.807, 2.05) is 13.8 Å². The summed E-state index contributed by atoms with van der Waals surface area (Å²) in [6.07, 6.45) is 6.75. The van der Waals surface area contributed by atoms with Gasteiger partial charge in [0.2, 0.25) is 11.6 Å². The van der Waals surface area contributed by atoms with Crippen molar-refractivity contribution < 1.29 is 48.4 Å². The Morgan fingerprint density at radius 3 is 1.50 bits per heavy atom. The van der Waals surface area contributed by atoms with Crippen LogP contribution in [-0.4, -0.2) is 58.6 Å². The molecule has 8 aliphatic heterocycles. The summed E-state index contributed by atoms with van der Waals surface area (Å²) in [5, 5.41) is 10.6. The molecule has 0 amide bonds. The van der Waals surface area contributed by atoms with Crippen LogP contribution in [0.4, 0.5) is 0 Å². The molecule has 10 rings (SSSR count). The van der Waals surface area contributed by atoms with E-state index < -0.39 is 47.2 Å². The van der Waals surface area contributed by atoms with Gasteiger partial charge >= 0.3 is 5.97 Å². The molecule has 10 heteroatoms. The largest absolute Gasteiger partial charge is 0.481 e. The highest BCUT2D eigenvalue weighted by Crippen LogP contribution is 2.63. The predicted octanol–water partition coefficient (Wildman–Crippen LogP) is 5.97. The lowest BCUT2D eigenvalue weighted by atomic mass is 9.56. The van der Waals surface area contributed by atoms with E-state index in [0.717, 1.165) is 51.4 Å². The second-order valence-electron chi connectivity index (χ2n) is 16.4. The van der Waals surface area contributed by atoms with Crippen molar-refractivity contribution in [2.24, 2.45) is 53.3 Å². The van der Waals surface area contributed by atoms with Crippen molar-refractivity contribution in [3.05, 3.63) is 0 Å². The molecule has 10 aliphatic rings. The molecular weight excluding hydrogens is 568 g/mol. The Bertz CT molecular complexity index is 1070. The number of carbonyl (C=O) groups is 1. The fourth-order valence-electron chi connectivity index (χ4n) is 11.4. The molecule has 0 aromatic rings. The van der Waals surface area contributed by atoms with Crippen molar-refractivity contribution in [3.8, 4) is 0 Å². The van der Waals surface area contributed by atoms with Gasteiger partial charge in [-0.3, -0.25) is 4.79 Å². The zero-order chi connectivity index (χ0) is 30.8. The minimum Gasteiger partial charge on any atom is -0.481 e. The highest BCUT2D eigenvalue weighted by molar-refractivity contribution is 5.70. The van der Waals surface area contributed by atoms with Gasteiger partial charge in [-0.15, -0.1) is 0 Å². The van der Waals surface area contributed by atoms with Crippen molar-refractivity contribution in [1.29, 1.82) is 0 Å². The molecule has 1 N–H and O–H groups in total. The van der Waals surface area contributed by atoms with Crippen LogP contribution in [0.15, 0.2) is 0 Å². The minimum absolute atomic E-state index is 0.0951. The first kappa shape index (κ1) is 30.5. The Kier molecular flexibility index (Phi) is 7.15. The van der Waals surface area contributed by atoms with E-state index in [2.05, 4.69) is 27.7 Å². The van der Waals surface area contributed by atoms with Gasteiger partial charge in [-0.25, -0.2) is 19.6 Å². The number of ether oxygens (including phenoxy) is 4. The number of aliphatic carboxylic acids is 1. The summed E-state index contributed by atoms with van der Waals surface area (Å²) < 4.78 is 26.7. The lowest BCUT2D eigenvalue weighted by Crippen LogP contribution is -2.70. The van der Waals surface area contributed by atoms with Crippen molar-refractivity contribution in [1.82, 2.24) is 0 Å². The van der Waals surface area contributed by atoms with Gasteiger partial charge in [-0.05, 0) is 101 Å². The third-order valence-corrected chi connectivity index (χ3v) is 14.0. The summed E-state index contributed by atoms with van der Waals surface area (Å²) in [5.41, 5.74) is -1.30. The number of hydrogen-bond acceptors (Lipinski definition) is 9. The summed E-state index contributed by atoms with van der Waals surface area (Å²) in [6.45, 7) is 12.9. The Balaban J connectivity index is 1.04. The van der Waals surface area contributed by atoms with E-state index in [0.29, 0.717) is 24.7 Å². The number of hydrogen-bond donors (Lipinski definition) is 1. The molecule has 10 fully saturated rings. The molecule has 10 nitrogen and oxygen atoms in total. The van der Waals surface area contributed by atoms with Crippen molar-refractivity contribution in [2.75, 3.05) is 0 Å². The zero-order valence-electron chi connectivity index (χ0n) is 27.2. The predicted molar refractivity (Wildman–Crippen MR) is 154 cm³/mol. The Hall–Kier alpha value is -0.850. The van der Waals surface area contributed by atoms with Gasteiger partial charge in [0.05, 0.1) is 18.1 Å². The van der Waals surface area contributed by atoms with Gasteiger partial charge in [0.1, 0.15) is 0 Å². The lowest BCUT2D eigenvalue weighted by Gasteiger charge is -2.61. The first-order valence-electron chi connectivity index (χ1n) is 17.5. The quantitative estimate of drug-likeness (QED) is 0.369. The first-order valence-corrected chi connectivity index (χ1v) is 17.5.